The first-order chi connectivity index (χ1) is 9.11. The minimum atomic E-state index is -3.18. The van der Waals surface area contributed by atoms with E-state index in [0.29, 0.717) is 18.9 Å². The van der Waals surface area contributed by atoms with Gasteiger partial charge in [0.25, 0.3) is 0 Å². The van der Waals surface area contributed by atoms with Crippen LogP contribution in [0.5, 0.6) is 0 Å². The molecule has 5 nitrogen and oxygen atoms in total. The third-order valence-electron chi connectivity index (χ3n) is 2.64. The highest BCUT2D eigenvalue weighted by atomic mass is 32.2. The largest absolute Gasteiger partial charge is 0.369 e. The molecule has 102 valence electrons. The van der Waals surface area contributed by atoms with Crippen LogP contribution in [0, 0.1) is 0 Å². The molecule has 2 N–H and O–H groups in total. The lowest BCUT2D eigenvalue weighted by atomic mass is 10.2. The molecule has 0 fully saturated rings. The topological polar surface area (TPSA) is 71.1 Å². The van der Waals surface area contributed by atoms with Crippen LogP contribution < -0.4 is 10.0 Å². The number of pyridine rings is 1. The van der Waals surface area contributed by atoms with Crippen LogP contribution in [0.15, 0.2) is 36.4 Å². The number of anilines is 1. The van der Waals surface area contributed by atoms with Crippen LogP contribution in [-0.4, -0.2) is 32.2 Å². The summed E-state index contributed by atoms with van der Waals surface area (Å²) in [4.78, 5) is 4.41. The summed E-state index contributed by atoms with van der Waals surface area (Å²) in [7, 11) is -3.18. The Labute approximate surface area is 113 Å². The second-order valence-corrected chi connectivity index (χ2v) is 6.06. The predicted molar refractivity (Wildman–Crippen MR) is 77.7 cm³/mol. The van der Waals surface area contributed by atoms with Crippen molar-refractivity contribution in [3.8, 4) is 0 Å². The smallest absolute Gasteiger partial charge is 0.213 e. The molecule has 0 aliphatic carbocycles. The first-order valence-electron chi connectivity index (χ1n) is 6.18. The van der Waals surface area contributed by atoms with Gasteiger partial charge in [-0.05, 0) is 18.2 Å². The highest BCUT2D eigenvalue weighted by Gasteiger charge is 2.07. The van der Waals surface area contributed by atoms with Gasteiger partial charge in [0.05, 0.1) is 11.3 Å². The summed E-state index contributed by atoms with van der Waals surface area (Å²) >= 11 is 0. The van der Waals surface area contributed by atoms with Crippen LogP contribution in [0.2, 0.25) is 0 Å². The zero-order chi connectivity index (χ0) is 13.7. The van der Waals surface area contributed by atoms with Gasteiger partial charge in [-0.25, -0.2) is 18.1 Å². The number of hydrogen-bond acceptors (Lipinski definition) is 4. The Bertz CT molecular complexity index is 656. The van der Waals surface area contributed by atoms with E-state index >= 15 is 0 Å². The number of para-hydroxylation sites is 1. The summed E-state index contributed by atoms with van der Waals surface area (Å²) < 4.78 is 25.4. The van der Waals surface area contributed by atoms with Crippen molar-refractivity contribution in [2.75, 3.05) is 24.2 Å². The zero-order valence-corrected chi connectivity index (χ0v) is 11.6. The van der Waals surface area contributed by atoms with Crippen molar-refractivity contribution in [3.05, 3.63) is 36.4 Å². The lowest BCUT2D eigenvalue weighted by molar-refractivity contribution is 0.584. The summed E-state index contributed by atoms with van der Waals surface area (Å²) in [6, 6.07) is 11.6. The van der Waals surface area contributed by atoms with Crippen molar-refractivity contribution in [1.29, 1.82) is 0 Å². The monoisotopic (exact) mass is 279 g/mol. The van der Waals surface area contributed by atoms with E-state index in [1.54, 1.807) is 6.92 Å². The van der Waals surface area contributed by atoms with Crippen LogP contribution in [-0.2, 0) is 10.0 Å². The number of hydrogen-bond donors (Lipinski definition) is 2. The van der Waals surface area contributed by atoms with Crippen molar-refractivity contribution < 1.29 is 8.42 Å². The van der Waals surface area contributed by atoms with E-state index in [4.69, 9.17) is 0 Å². The van der Waals surface area contributed by atoms with E-state index in [1.165, 1.54) is 0 Å². The van der Waals surface area contributed by atoms with Crippen molar-refractivity contribution in [1.82, 2.24) is 9.71 Å². The quantitative estimate of drug-likeness (QED) is 0.842. The van der Waals surface area contributed by atoms with Crippen LogP contribution >= 0.6 is 0 Å². The summed E-state index contributed by atoms with van der Waals surface area (Å²) in [6.45, 7) is 2.51. The second kappa shape index (κ2) is 5.99. The minimum Gasteiger partial charge on any atom is -0.369 e. The molecule has 0 saturated carbocycles. The number of nitrogens with one attached hydrogen (secondary N) is 2. The van der Waals surface area contributed by atoms with E-state index in [1.807, 2.05) is 36.4 Å². The molecule has 2 aromatic rings. The van der Waals surface area contributed by atoms with Crippen LogP contribution in [0.1, 0.15) is 6.92 Å². The van der Waals surface area contributed by atoms with Crippen LogP contribution in [0.25, 0.3) is 10.9 Å². The van der Waals surface area contributed by atoms with Crippen molar-refractivity contribution >= 4 is 26.7 Å². The molecule has 0 bridgehead atoms. The molecule has 0 radical (unpaired) electrons. The second-order valence-electron chi connectivity index (χ2n) is 4.13. The molecule has 0 aliphatic heterocycles. The minimum absolute atomic E-state index is 0.0371. The summed E-state index contributed by atoms with van der Waals surface area (Å²) in [5, 5.41) is 4.08. The maximum atomic E-state index is 11.5. The number of benzene rings is 1. The third kappa shape index (κ3) is 3.90. The van der Waals surface area contributed by atoms with Gasteiger partial charge in [0.15, 0.2) is 0 Å². The van der Waals surface area contributed by atoms with Gasteiger partial charge in [-0.2, -0.15) is 0 Å². The Hall–Kier alpha value is -1.66. The lowest BCUT2D eigenvalue weighted by Gasteiger charge is -2.07. The van der Waals surface area contributed by atoms with Gasteiger partial charge in [0, 0.05) is 18.5 Å². The number of fused-ring (bicyclic) bond motifs is 1. The average Bonchev–Trinajstić information content (AvgIpc) is 2.38. The van der Waals surface area contributed by atoms with Gasteiger partial charge in [0.2, 0.25) is 10.0 Å². The highest BCUT2D eigenvalue weighted by molar-refractivity contribution is 7.89. The zero-order valence-electron chi connectivity index (χ0n) is 10.8. The van der Waals surface area contributed by atoms with Gasteiger partial charge in [0.1, 0.15) is 5.82 Å². The molecule has 1 aromatic carbocycles. The van der Waals surface area contributed by atoms with Crippen molar-refractivity contribution in [2.24, 2.45) is 0 Å². The number of aromatic nitrogens is 1. The molecule has 0 unspecified atom stereocenters. The summed E-state index contributed by atoms with van der Waals surface area (Å²) in [5.74, 6) is 0.723. The molecule has 6 heteroatoms. The van der Waals surface area contributed by atoms with E-state index in [0.717, 1.165) is 10.9 Å². The molecule has 2 rings (SSSR count). The molecular weight excluding hydrogens is 262 g/mol. The van der Waals surface area contributed by atoms with E-state index in [-0.39, 0.29) is 5.75 Å². The fourth-order valence-corrected chi connectivity index (χ4v) is 2.72. The highest BCUT2D eigenvalue weighted by Crippen LogP contribution is 2.14. The molecule has 1 heterocycles. The van der Waals surface area contributed by atoms with Crippen LogP contribution in [0.3, 0.4) is 0 Å². The fraction of sp³-hybridized carbons (Fsp3) is 0.308. The Morgan fingerprint density at radius 1 is 1.16 bits per heavy atom. The average molecular weight is 279 g/mol. The maximum absolute atomic E-state index is 11.5. The molecule has 0 atom stereocenters. The Morgan fingerprint density at radius 2 is 1.95 bits per heavy atom. The normalized spacial score (nSPS) is 11.6. The molecule has 0 amide bonds. The SMILES string of the molecule is CCNS(=O)(=O)CCNc1ccc2ccccc2n1. The van der Waals surface area contributed by atoms with Crippen molar-refractivity contribution in [2.45, 2.75) is 6.92 Å². The number of sulfonamides is 1. The van der Waals surface area contributed by atoms with Gasteiger partial charge >= 0.3 is 0 Å². The number of rotatable bonds is 6. The van der Waals surface area contributed by atoms with Crippen LogP contribution in [0.4, 0.5) is 5.82 Å². The summed E-state index contributed by atoms with van der Waals surface area (Å²) in [5.41, 5.74) is 0.891. The predicted octanol–water partition coefficient (Wildman–Crippen LogP) is 1.59. The van der Waals surface area contributed by atoms with Gasteiger partial charge < -0.3 is 5.32 Å². The Balaban J connectivity index is 1.98. The van der Waals surface area contributed by atoms with Crippen molar-refractivity contribution in [3.63, 3.8) is 0 Å². The van der Waals surface area contributed by atoms with E-state index in [2.05, 4.69) is 15.0 Å². The van der Waals surface area contributed by atoms with Gasteiger partial charge in [-0.1, -0.05) is 25.1 Å². The molecule has 1 aromatic heterocycles. The van der Waals surface area contributed by atoms with Gasteiger partial charge in [-0.15, -0.1) is 0 Å². The Kier molecular flexibility index (Phi) is 4.34. The fourth-order valence-electron chi connectivity index (χ4n) is 1.77. The third-order valence-corrected chi connectivity index (χ3v) is 4.11. The van der Waals surface area contributed by atoms with Gasteiger partial charge in [-0.3, -0.25) is 0 Å². The first kappa shape index (κ1) is 13.8. The molecule has 0 saturated heterocycles. The molecule has 0 spiro atoms. The maximum Gasteiger partial charge on any atom is 0.213 e. The van der Waals surface area contributed by atoms with E-state index in [9.17, 15) is 8.42 Å². The molecular formula is C13H17N3O2S. The summed E-state index contributed by atoms with van der Waals surface area (Å²) in [6.07, 6.45) is 0. The molecule has 19 heavy (non-hydrogen) atoms. The van der Waals surface area contributed by atoms with E-state index < -0.39 is 10.0 Å². The first-order valence-corrected chi connectivity index (χ1v) is 7.83. The molecule has 0 aliphatic rings. The number of nitrogens with zero attached hydrogens (tertiary/aromatic N) is 1. The standard InChI is InChI=1S/C13H17N3O2S/c1-2-15-19(17,18)10-9-14-13-8-7-11-5-3-4-6-12(11)16-13/h3-8,15H,2,9-10H2,1H3,(H,14,16). The Morgan fingerprint density at radius 3 is 2.74 bits per heavy atom. The lowest BCUT2D eigenvalue weighted by Crippen LogP contribution is -2.29.